The van der Waals surface area contributed by atoms with Gasteiger partial charge in [0.15, 0.2) is 0 Å². The molecule has 1 amide bonds. The zero-order valence-corrected chi connectivity index (χ0v) is 13.0. The van der Waals surface area contributed by atoms with Crippen molar-refractivity contribution in [3.05, 3.63) is 38.4 Å². The van der Waals surface area contributed by atoms with E-state index in [9.17, 15) is 25.0 Å². The SMILES string of the molecule is NC(=O)[C@@H]1C[C@@H]2CCCC[C@@H]2N1c1ccc([N+](=O)[O-])cc1[N+](=O)[O-]. The molecule has 2 aliphatic rings. The van der Waals surface area contributed by atoms with Crippen LogP contribution in [0.4, 0.5) is 17.1 Å². The Morgan fingerprint density at radius 2 is 1.88 bits per heavy atom. The molecule has 1 aromatic carbocycles. The van der Waals surface area contributed by atoms with Gasteiger partial charge in [-0.25, -0.2) is 0 Å². The molecule has 0 bridgehead atoms. The molecule has 1 aliphatic heterocycles. The van der Waals surface area contributed by atoms with E-state index in [4.69, 9.17) is 5.73 Å². The summed E-state index contributed by atoms with van der Waals surface area (Å²) in [6, 6.07) is 2.94. The summed E-state index contributed by atoms with van der Waals surface area (Å²) in [5.74, 6) is -0.247. The number of benzene rings is 1. The lowest BCUT2D eigenvalue weighted by Crippen LogP contribution is -2.45. The van der Waals surface area contributed by atoms with Gasteiger partial charge in [-0.3, -0.25) is 25.0 Å². The summed E-state index contributed by atoms with van der Waals surface area (Å²) in [5, 5.41) is 22.3. The fourth-order valence-corrected chi connectivity index (χ4v) is 4.05. The Labute approximate surface area is 137 Å². The van der Waals surface area contributed by atoms with E-state index in [1.54, 1.807) is 4.90 Å². The molecular formula is C15H18N4O5. The number of nitro benzene ring substituents is 2. The zero-order valence-electron chi connectivity index (χ0n) is 13.0. The number of carbonyl (C=O) groups is 1. The molecule has 9 heteroatoms. The highest BCUT2D eigenvalue weighted by molar-refractivity contribution is 5.86. The van der Waals surface area contributed by atoms with Gasteiger partial charge in [-0.05, 0) is 31.2 Å². The van der Waals surface area contributed by atoms with E-state index in [1.807, 2.05) is 0 Å². The highest BCUT2D eigenvalue weighted by Gasteiger charge is 2.46. The minimum Gasteiger partial charge on any atom is -0.368 e. The van der Waals surface area contributed by atoms with Crippen molar-refractivity contribution < 1.29 is 14.6 Å². The second-order valence-corrected chi connectivity index (χ2v) is 6.36. The third-order valence-electron chi connectivity index (χ3n) is 5.06. The van der Waals surface area contributed by atoms with E-state index in [2.05, 4.69) is 0 Å². The molecule has 128 valence electrons. The molecule has 0 aromatic heterocycles. The van der Waals surface area contributed by atoms with Crippen LogP contribution in [-0.2, 0) is 4.79 Å². The van der Waals surface area contributed by atoms with Gasteiger partial charge in [-0.1, -0.05) is 12.8 Å². The first-order valence-corrected chi connectivity index (χ1v) is 7.90. The standard InChI is InChI=1S/C15H18N4O5/c16-15(20)14-7-9-3-1-2-4-11(9)17(14)12-6-5-10(18(21)22)8-13(12)19(23)24/h5-6,8-9,11,14H,1-4,7H2,(H2,16,20)/t9-,11-,14-/m0/s1. The molecule has 1 aliphatic carbocycles. The maximum absolute atomic E-state index is 11.9. The minimum absolute atomic E-state index is 0.0106. The highest BCUT2D eigenvalue weighted by atomic mass is 16.6. The predicted octanol–water partition coefficient (Wildman–Crippen LogP) is 2.13. The summed E-state index contributed by atoms with van der Waals surface area (Å²) in [6.07, 6.45) is 4.44. The normalized spacial score (nSPS) is 26.0. The van der Waals surface area contributed by atoms with Crippen LogP contribution in [0.1, 0.15) is 32.1 Å². The van der Waals surface area contributed by atoms with E-state index in [-0.39, 0.29) is 29.0 Å². The average molecular weight is 334 g/mol. The van der Waals surface area contributed by atoms with Crippen molar-refractivity contribution >= 4 is 23.0 Å². The number of nitro groups is 2. The van der Waals surface area contributed by atoms with Crippen LogP contribution in [0.25, 0.3) is 0 Å². The molecule has 1 heterocycles. The lowest BCUT2D eigenvalue weighted by molar-refractivity contribution is -0.393. The molecule has 0 spiro atoms. The monoisotopic (exact) mass is 334 g/mol. The van der Waals surface area contributed by atoms with E-state index < -0.39 is 21.8 Å². The van der Waals surface area contributed by atoms with Crippen LogP contribution in [0.5, 0.6) is 0 Å². The van der Waals surface area contributed by atoms with E-state index in [0.29, 0.717) is 6.42 Å². The molecule has 2 fully saturated rings. The fraction of sp³-hybridized carbons (Fsp3) is 0.533. The summed E-state index contributed by atoms with van der Waals surface area (Å²) < 4.78 is 0. The average Bonchev–Trinajstić information content (AvgIpc) is 2.93. The van der Waals surface area contributed by atoms with Gasteiger partial charge < -0.3 is 10.6 Å². The maximum Gasteiger partial charge on any atom is 0.299 e. The van der Waals surface area contributed by atoms with Gasteiger partial charge in [0.1, 0.15) is 11.7 Å². The molecule has 24 heavy (non-hydrogen) atoms. The Balaban J connectivity index is 2.09. The third kappa shape index (κ3) is 2.66. The number of rotatable bonds is 4. The Morgan fingerprint density at radius 3 is 2.50 bits per heavy atom. The topological polar surface area (TPSA) is 133 Å². The van der Waals surface area contributed by atoms with Crippen molar-refractivity contribution in [2.75, 3.05) is 4.90 Å². The van der Waals surface area contributed by atoms with E-state index >= 15 is 0 Å². The lowest BCUT2D eigenvalue weighted by atomic mass is 9.84. The van der Waals surface area contributed by atoms with Gasteiger partial charge in [0, 0.05) is 12.1 Å². The van der Waals surface area contributed by atoms with Crippen molar-refractivity contribution in [2.24, 2.45) is 11.7 Å². The Morgan fingerprint density at radius 1 is 1.17 bits per heavy atom. The van der Waals surface area contributed by atoms with Crippen LogP contribution in [0.15, 0.2) is 18.2 Å². The summed E-state index contributed by atoms with van der Waals surface area (Å²) in [5.41, 5.74) is 5.06. The van der Waals surface area contributed by atoms with Crippen LogP contribution in [0.2, 0.25) is 0 Å². The first kappa shape index (κ1) is 16.2. The summed E-state index contributed by atoms with van der Waals surface area (Å²) in [6.45, 7) is 0. The molecule has 0 unspecified atom stereocenters. The van der Waals surface area contributed by atoms with Gasteiger partial charge >= 0.3 is 0 Å². The number of hydrogen-bond donors (Lipinski definition) is 1. The Bertz CT molecular complexity index is 707. The number of primary amides is 1. The summed E-state index contributed by atoms with van der Waals surface area (Å²) >= 11 is 0. The smallest absolute Gasteiger partial charge is 0.299 e. The molecule has 1 aromatic rings. The molecule has 0 radical (unpaired) electrons. The van der Waals surface area contributed by atoms with Gasteiger partial charge in [0.2, 0.25) is 5.91 Å². The number of carbonyl (C=O) groups excluding carboxylic acids is 1. The van der Waals surface area contributed by atoms with Crippen molar-refractivity contribution in [3.8, 4) is 0 Å². The van der Waals surface area contributed by atoms with Crippen LogP contribution >= 0.6 is 0 Å². The van der Waals surface area contributed by atoms with Gasteiger partial charge in [-0.2, -0.15) is 0 Å². The molecule has 3 rings (SSSR count). The fourth-order valence-electron chi connectivity index (χ4n) is 4.05. The van der Waals surface area contributed by atoms with Crippen LogP contribution in [0.3, 0.4) is 0 Å². The van der Waals surface area contributed by atoms with Crippen molar-refractivity contribution in [1.29, 1.82) is 0 Å². The second-order valence-electron chi connectivity index (χ2n) is 6.36. The molecule has 1 saturated carbocycles. The Kier molecular flexibility index (Phi) is 4.08. The number of nitrogens with two attached hydrogens (primary N) is 1. The van der Waals surface area contributed by atoms with Crippen LogP contribution in [0, 0.1) is 26.1 Å². The number of anilines is 1. The van der Waals surface area contributed by atoms with E-state index in [0.717, 1.165) is 31.7 Å². The predicted molar refractivity (Wildman–Crippen MR) is 85.6 cm³/mol. The van der Waals surface area contributed by atoms with Crippen molar-refractivity contribution in [3.63, 3.8) is 0 Å². The first-order valence-electron chi connectivity index (χ1n) is 7.90. The first-order chi connectivity index (χ1) is 11.4. The van der Waals surface area contributed by atoms with Gasteiger partial charge in [0.25, 0.3) is 11.4 Å². The highest BCUT2D eigenvalue weighted by Crippen LogP contribution is 2.45. The molecule has 2 N–H and O–H groups in total. The summed E-state index contributed by atoms with van der Waals surface area (Å²) in [7, 11) is 0. The summed E-state index contributed by atoms with van der Waals surface area (Å²) in [4.78, 5) is 34.6. The minimum atomic E-state index is -0.671. The number of hydrogen-bond acceptors (Lipinski definition) is 6. The van der Waals surface area contributed by atoms with Crippen molar-refractivity contribution in [2.45, 2.75) is 44.2 Å². The van der Waals surface area contributed by atoms with Crippen molar-refractivity contribution in [1.82, 2.24) is 0 Å². The van der Waals surface area contributed by atoms with Crippen LogP contribution in [-0.4, -0.2) is 27.8 Å². The molecular weight excluding hydrogens is 316 g/mol. The number of nitrogens with zero attached hydrogens (tertiary/aromatic N) is 3. The maximum atomic E-state index is 11.9. The molecule has 9 nitrogen and oxygen atoms in total. The number of non-ortho nitro benzene ring substituents is 1. The lowest BCUT2D eigenvalue weighted by Gasteiger charge is -2.34. The Hall–Kier alpha value is -2.71. The molecule has 3 atom stereocenters. The second kappa shape index (κ2) is 6.06. The molecule has 1 saturated heterocycles. The third-order valence-corrected chi connectivity index (χ3v) is 5.06. The van der Waals surface area contributed by atoms with Crippen LogP contribution < -0.4 is 10.6 Å². The number of fused-ring (bicyclic) bond motifs is 1. The largest absolute Gasteiger partial charge is 0.368 e. The van der Waals surface area contributed by atoms with Gasteiger partial charge in [-0.15, -0.1) is 0 Å². The zero-order chi connectivity index (χ0) is 17.4. The van der Waals surface area contributed by atoms with E-state index in [1.165, 1.54) is 12.1 Å². The number of amides is 1. The quantitative estimate of drug-likeness (QED) is 0.662. The van der Waals surface area contributed by atoms with Gasteiger partial charge in [0.05, 0.1) is 15.9 Å².